The van der Waals surface area contributed by atoms with Gasteiger partial charge in [-0.2, -0.15) is 8.62 Å². The van der Waals surface area contributed by atoms with Gasteiger partial charge in [0.2, 0.25) is 0 Å². The molecule has 0 bridgehead atoms. The average Bonchev–Trinajstić information content (AvgIpc) is 2.83. The van der Waals surface area contributed by atoms with Gasteiger partial charge in [-0.1, -0.05) is 0 Å². The van der Waals surface area contributed by atoms with Gasteiger partial charge in [0.1, 0.15) is 18.3 Å². The van der Waals surface area contributed by atoms with Gasteiger partial charge in [0.15, 0.2) is 0 Å². The number of aromatic nitrogens is 2. The molecule has 23 heteroatoms. The van der Waals surface area contributed by atoms with Gasteiger partial charge in [0, 0.05) is 17.2 Å². The van der Waals surface area contributed by atoms with E-state index >= 15 is 0 Å². The second-order valence-corrected chi connectivity index (χ2v) is 10.2. The Labute approximate surface area is 174 Å². The van der Waals surface area contributed by atoms with Gasteiger partial charge in [-0.05, 0) is 10.6 Å². The molecular formula is C9H14N5O15P3. The topological polar surface area (TPSA) is 313 Å². The number of phosphoric acid groups is 3. The van der Waals surface area contributed by atoms with Crippen LogP contribution in [0.5, 0.6) is 0 Å². The lowest BCUT2D eigenvalue weighted by Gasteiger charge is -2.28. The van der Waals surface area contributed by atoms with E-state index < -0.39 is 65.5 Å². The van der Waals surface area contributed by atoms with Crippen molar-refractivity contribution >= 4 is 23.5 Å². The Morgan fingerprint density at radius 1 is 1.19 bits per heavy atom. The van der Waals surface area contributed by atoms with Gasteiger partial charge in [0.25, 0.3) is 11.4 Å². The van der Waals surface area contributed by atoms with E-state index in [0.717, 1.165) is 12.3 Å². The first-order valence-electron chi connectivity index (χ1n) is 7.73. The first kappa shape index (κ1) is 26.5. The molecule has 2 heterocycles. The SMILES string of the molecule is [N-]=[N+]=N[C@@]1(n2ccc(=O)[nH]c2=O)O[C@H](COP(=O)(O)OP(=O)(O)OP(=O)(O)O)[C@@H](O)[C@H]1O. The van der Waals surface area contributed by atoms with Crippen LogP contribution in [-0.4, -0.2) is 64.3 Å². The summed E-state index contributed by atoms with van der Waals surface area (Å²) in [6, 6.07) is 0.776. The largest absolute Gasteiger partial charge is 0.490 e. The molecule has 2 rings (SSSR count). The van der Waals surface area contributed by atoms with Crippen molar-refractivity contribution in [1.29, 1.82) is 0 Å². The molecule has 20 nitrogen and oxygen atoms in total. The van der Waals surface area contributed by atoms with E-state index in [0.29, 0.717) is 4.57 Å². The van der Waals surface area contributed by atoms with Crippen molar-refractivity contribution in [1.82, 2.24) is 9.55 Å². The van der Waals surface area contributed by atoms with Crippen LogP contribution in [-0.2, 0) is 37.4 Å². The van der Waals surface area contributed by atoms with Crippen LogP contribution >= 0.6 is 23.5 Å². The highest BCUT2D eigenvalue weighted by Gasteiger charge is 2.56. The standard InChI is InChI=1S/C9H14N5O15P3/c10-13-12-9(14-2-1-5(15)11-8(14)18)7(17)6(16)4(27-9)3-26-31(22,23)29-32(24,25)28-30(19,20)21/h1-2,4,6-7,16-17H,3H2,(H,22,23)(H,24,25)(H,11,15,18)(H2,19,20,21)/t4-,6-,7-,9+/m1/s1. The van der Waals surface area contributed by atoms with Crippen LogP contribution in [0.1, 0.15) is 0 Å². The zero-order valence-electron chi connectivity index (χ0n) is 15.1. The van der Waals surface area contributed by atoms with Crippen LogP contribution in [0.25, 0.3) is 10.4 Å². The summed E-state index contributed by atoms with van der Waals surface area (Å²) < 4.78 is 50.5. The highest BCUT2D eigenvalue weighted by molar-refractivity contribution is 7.66. The fourth-order valence-corrected chi connectivity index (χ4v) is 5.49. The van der Waals surface area contributed by atoms with E-state index in [1.54, 1.807) is 4.98 Å². The number of aliphatic hydroxyl groups is 2. The van der Waals surface area contributed by atoms with Gasteiger partial charge >= 0.3 is 29.2 Å². The minimum absolute atomic E-state index is 0.396. The third kappa shape index (κ3) is 6.20. The molecule has 0 spiro atoms. The fourth-order valence-electron chi connectivity index (χ4n) is 2.46. The van der Waals surface area contributed by atoms with Crippen molar-refractivity contribution in [2.24, 2.45) is 5.11 Å². The van der Waals surface area contributed by atoms with E-state index in [1.807, 2.05) is 0 Å². The third-order valence-electron chi connectivity index (χ3n) is 3.59. The quantitative estimate of drug-likeness (QED) is 0.0787. The number of azide groups is 1. The minimum atomic E-state index is -5.82. The first-order valence-corrected chi connectivity index (χ1v) is 12.2. The molecule has 0 aromatic carbocycles. The zero-order valence-corrected chi connectivity index (χ0v) is 17.8. The lowest BCUT2D eigenvalue weighted by atomic mass is 10.1. The summed E-state index contributed by atoms with van der Waals surface area (Å²) in [4.78, 5) is 62.9. The normalized spacial score (nSPS) is 29.6. The minimum Gasteiger partial charge on any atom is -0.387 e. The second-order valence-electron chi connectivity index (χ2n) is 5.81. The Morgan fingerprint density at radius 3 is 2.34 bits per heavy atom. The summed E-state index contributed by atoms with van der Waals surface area (Å²) in [5.74, 6) is -2.71. The first-order chi connectivity index (χ1) is 14.5. The highest BCUT2D eigenvalue weighted by Crippen LogP contribution is 2.66. The lowest BCUT2D eigenvalue weighted by molar-refractivity contribution is -0.144. The van der Waals surface area contributed by atoms with E-state index in [1.165, 1.54) is 0 Å². The molecule has 1 aliphatic heterocycles. The molecule has 0 radical (unpaired) electrons. The number of rotatable bonds is 9. The molecule has 2 unspecified atom stereocenters. The number of nitrogens with one attached hydrogen (secondary N) is 1. The maximum absolute atomic E-state index is 12.0. The molecule has 1 saturated heterocycles. The molecular weight excluding hydrogens is 511 g/mol. The molecule has 0 saturated carbocycles. The predicted molar refractivity (Wildman–Crippen MR) is 95.1 cm³/mol. The predicted octanol–water partition coefficient (Wildman–Crippen LogP) is -2.08. The van der Waals surface area contributed by atoms with Crippen LogP contribution in [0.15, 0.2) is 27.0 Å². The van der Waals surface area contributed by atoms with Crippen molar-refractivity contribution in [3.8, 4) is 0 Å². The van der Waals surface area contributed by atoms with Crippen molar-refractivity contribution in [2.45, 2.75) is 24.2 Å². The number of hydrogen-bond acceptors (Lipinski definition) is 12. The molecule has 32 heavy (non-hydrogen) atoms. The van der Waals surface area contributed by atoms with Crippen LogP contribution in [0, 0.1) is 0 Å². The highest BCUT2D eigenvalue weighted by atomic mass is 31.3. The molecule has 1 aromatic heterocycles. The maximum atomic E-state index is 12.0. The number of aromatic amines is 1. The van der Waals surface area contributed by atoms with E-state index in [-0.39, 0.29) is 0 Å². The summed E-state index contributed by atoms with van der Waals surface area (Å²) >= 11 is 0. The zero-order chi connectivity index (χ0) is 24.5. The van der Waals surface area contributed by atoms with Gasteiger partial charge in [-0.25, -0.2) is 18.5 Å². The number of nitrogens with zero attached hydrogens (tertiary/aromatic N) is 4. The van der Waals surface area contributed by atoms with E-state index in [4.69, 9.17) is 24.9 Å². The Morgan fingerprint density at radius 2 is 1.81 bits per heavy atom. The van der Waals surface area contributed by atoms with Gasteiger partial charge < -0.3 is 34.5 Å². The summed E-state index contributed by atoms with van der Waals surface area (Å²) in [6.45, 7) is -1.23. The molecule has 0 amide bonds. The molecule has 6 atom stereocenters. The molecule has 7 N–H and O–H groups in total. The summed E-state index contributed by atoms with van der Waals surface area (Å²) in [5.41, 5.74) is 6.67. The van der Waals surface area contributed by atoms with Crippen molar-refractivity contribution in [3.63, 3.8) is 0 Å². The van der Waals surface area contributed by atoms with Crippen LogP contribution in [0.4, 0.5) is 0 Å². The third-order valence-corrected chi connectivity index (χ3v) is 7.39. The number of H-pyrrole nitrogens is 1. The number of ether oxygens (including phenoxy) is 1. The summed E-state index contributed by atoms with van der Waals surface area (Å²) in [5, 5.41) is 23.6. The fraction of sp³-hybridized carbons (Fsp3) is 0.556. The molecule has 180 valence electrons. The van der Waals surface area contributed by atoms with Crippen molar-refractivity contribution < 1.29 is 61.4 Å². The Bertz CT molecular complexity index is 1170. The molecule has 0 aliphatic carbocycles. The average molecular weight is 525 g/mol. The number of phosphoric ester groups is 1. The van der Waals surface area contributed by atoms with Gasteiger partial charge in [-0.3, -0.25) is 18.9 Å². The Kier molecular flexibility index (Phi) is 7.68. The van der Waals surface area contributed by atoms with Crippen LogP contribution in [0.3, 0.4) is 0 Å². The molecule has 1 fully saturated rings. The number of hydrogen-bond donors (Lipinski definition) is 7. The summed E-state index contributed by atoms with van der Waals surface area (Å²) in [6.07, 6.45) is -5.40. The van der Waals surface area contributed by atoms with Crippen molar-refractivity contribution in [2.75, 3.05) is 6.61 Å². The number of aliphatic hydroxyl groups excluding tert-OH is 2. The second kappa shape index (κ2) is 9.26. The van der Waals surface area contributed by atoms with Gasteiger partial charge in [-0.15, -0.1) is 0 Å². The van der Waals surface area contributed by atoms with E-state index in [2.05, 4.69) is 23.2 Å². The maximum Gasteiger partial charge on any atom is 0.490 e. The van der Waals surface area contributed by atoms with Crippen LogP contribution < -0.4 is 11.2 Å². The smallest absolute Gasteiger partial charge is 0.387 e. The monoisotopic (exact) mass is 525 g/mol. The van der Waals surface area contributed by atoms with Crippen molar-refractivity contribution in [3.05, 3.63) is 43.5 Å². The van der Waals surface area contributed by atoms with E-state index in [9.17, 15) is 38.4 Å². The Balaban J connectivity index is 2.25. The molecule has 1 aliphatic rings. The summed E-state index contributed by atoms with van der Waals surface area (Å²) in [7, 11) is -17.1. The Hall–Kier alpha value is -1.72. The van der Waals surface area contributed by atoms with Crippen LogP contribution in [0.2, 0.25) is 0 Å². The lowest BCUT2D eigenvalue weighted by Crippen LogP contribution is -2.50. The molecule has 1 aromatic rings. The van der Waals surface area contributed by atoms with Gasteiger partial charge in [0.05, 0.1) is 6.61 Å².